The second-order valence-corrected chi connectivity index (χ2v) is 6.81. The minimum atomic E-state index is -4.58. The molecule has 1 unspecified atom stereocenters. The van der Waals surface area contributed by atoms with Crippen LogP contribution in [0.15, 0.2) is 24.3 Å². The molecule has 11 heteroatoms. The van der Waals surface area contributed by atoms with Crippen molar-refractivity contribution in [3.8, 4) is 0 Å². The maximum atomic E-state index is 13.7. The van der Waals surface area contributed by atoms with E-state index in [2.05, 4.69) is 9.36 Å². The summed E-state index contributed by atoms with van der Waals surface area (Å²) < 4.78 is 58.1. The molecule has 0 aliphatic carbocycles. The number of halogens is 4. The molecule has 144 valence electrons. The highest BCUT2D eigenvalue weighted by molar-refractivity contribution is 7.07. The van der Waals surface area contributed by atoms with Gasteiger partial charge in [-0.15, -0.1) is 0 Å². The number of nitrogens with zero attached hydrogens (tertiary/aromatic N) is 4. The van der Waals surface area contributed by atoms with Crippen molar-refractivity contribution in [2.24, 2.45) is 0 Å². The number of hydrogen-bond acceptors (Lipinski definition) is 6. The van der Waals surface area contributed by atoms with Crippen LogP contribution in [0.4, 0.5) is 17.6 Å². The van der Waals surface area contributed by atoms with Crippen LogP contribution in [0.2, 0.25) is 0 Å². The molecule has 1 fully saturated rings. The maximum Gasteiger partial charge on any atom is 0.408 e. The molecule has 0 saturated carbocycles. The summed E-state index contributed by atoms with van der Waals surface area (Å²) in [7, 11) is 0. The molecule has 1 atom stereocenters. The Kier molecular flexibility index (Phi) is 5.24. The Labute approximate surface area is 156 Å². The highest BCUT2D eigenvalue weighted by atomic mass is 32.1. The predicted molar refractivity (Wildman–Crippen MR) is 92.7 cm³/mol. The molecule has 2 aromatic rings. The second-order valence-electron chi connectivity index (χ2n) is 6.06. The summed E-state index contributed by atoms with van der Waals surface area (Å²) in [6.07, 6.45) is -4.58. The van der Waals surface area contributed by atoms with Gasteiger partial charge in [0.15, 0.2) is 10.8 Å². The highest BCUT2D eigenvalue weighted by Gasteiger charge is 2.46. The maximum absolute atomic E-state index is 13.7. The largest absolute Gasteiger partial charge is 0.408 e. The molecular formula is C16H16F4N6S. The normalized spacial score (nSPS) is 17.2. The Morgan fingerprint density at radius 2 is 1.89 bits per heavy atom. The standard InChI is InChI=1S/C16H16F4N6S/c1-9-23-15(27-24-9)14(22)26-7-6-25(8-12(26)21)13(16(18,19)20)10-2-4-11(17)5-3-10/h2-5,13,21-22H,6-8H2,1H3. The van der Waals surface area contributed by atoms with Gasteiger partial charge in [0.1, 0.15) is 23.5 Å². The number of benzene rings is 1. The molecule has 2 heterocycles. The lowest BCUT2D eigenvalue weighted by Gasteiger charge is -2.40. The Hall–Kier alpha value is -2.40. The zero-order valence-electron chi connectivity index (χ0n) is 14.2. The van der Waals surface area contributed by atoms with Crippen molar-refractivity contribution >= 4 is 23.2 Å². The van der Waals surface area contributed by atoms with Gasteiger partial charge in [0.05, 0.1) is 6.54 Å². The lowest BCUT2D eigenvalue weighted by Crippen LogP contribution is -2.55. The molecule has 3 rings (SSSR count). The molecule has 1 aliphatic heterocycles. The van der Waals surface area contributed by atoms with Gasteiger partial charge in [0, 0.05) is 13.1 Å². The number of amidine groups is 2. The Morgan fingerprint density at radius 3 is 2.41 bits per heavy atom. The van der Waals surface area contributed by atoms with Crippen LogP contribution < -0.4 is 0 Å². The van der Waals surface area contributed by atoms with Crippen molar-refractivity contribution in [3.63, 3.8) is 0 Å². The van der Waals surface area contributed by atoms with Gasteiger partial charge < -0.3 is 4.90 Å². The SMILES string of the molecule is Cc1nsc(C(=N)N2CCN(C(c3ccc(F)cc3)C(F)(F)F)CC2=N)n1. The number of piperazine rings is 1. The molecule has 6 nitrogen and oxygen atoms in total. The minimum Gasteiger partial charge on any atom is -0.311 e. The van der Waals surface area contributed by atoms with Gasteiger partial charge in [-0.2, -0.15) is 17.5 Å². The van der Waals surface area contributed by atoms with E-state index in [-0.39, 0.29) is 36.9 Å². The smallest absolute Gasteiger partial charge is 0.311 e. The van der Waals surface area contributed by atoms with E-state index in [1.54, 1.807) is 6.92 Å². The van der Waals surface area contributed by atoms with Crippen molar-refractivity contribution < 1.29 is 17.6 Å². The Balaban J connectivity index is 1.79. The van der Waals surface area contributed by atoms with E-state index in [4.69, 9.17) is 10.8 Å². The fraction of sp³-hybridized carbons (Fsp3) is 0.375. The van der Waals surface area contributed by atoms with Crippen molar-refractivity contribution in [1.82, 2.24) is 19.2 Å². The first-order chi connectivity index (χ1) is 12.7. The van der Waals surface area contributed by atoms with Crippen LogP contribution in [0.25, 0.3) is 0 Å². The summed E-state index contributed by atoms with van der Waals surface area (Å²) in [5.74, 6) is -0.289. The highest BCUT2D eigenvalue weighted by Crippen LogP contribution is 2.38. The molecule has 27 heavy (non-hydrogen) atoms. The lowest BCUT2D eigenvalue weighted by molar-refractivity contribution is -0.186. The summed E-state index contributed by atoms with van der Waals surface area (Å²) in [6.45, 7) is 1.42. The number of nitrogens with one attached hydrogen (secondary N) is 2. The molecule has 0 radical (unpaired) electrons. The molecule has 0 spiro atoms. The van der Waals surface area contributed by atoms with Crippen LogP contribution in [0, 0.1) is 23.6 Å². The van der Waals surface area contributed by atoms with Crippen molar-refractivity contribution in [3.05, 3.63) is 46.5 Å². The van der Waals surface area contributed by atoms with E-state index < -0.39 is 18.0 Å². The lowest BCUT2D eigenvalue weighted by atomic mass is 10.0. The second kappa shape index (κ2) is 7.31. The van der Waals surface area contributed by atoms with E-state index in [1.165, 1.54) is 4.90 Å². The summed E-state index contributed by atoms with van der Waals surface area (Å²) in [6, 6.07) is 2.25. The topological polar surface area (TPSA) is 80.0 Å². The number of aryl methyl sites for hydroxylation is 1. The van der Waals surface area contributed by atoms with E-state index >= 15 is 0 Å². The third-order valence-electron chi connectivity index (χ3n) is 4.15. The predicted octanol–water partition coefficient (Wildman–Crippen LogP) is 3.21. The van der Waals surface area contributed by atoms with Gasteiger partial charge in [-0.25, -0.2) is 9.37 Å². The first kappa shape index (κ1) is 19.4. The molecule has 1 aromatic heterocycles. The molecular weight excluding hydrogens is 384 g/mol. The average molecular weight is 400 g/mol. The van der Waals surface area contributed by atoms with Gasteiger partial charge in [0.25, 0.3) is 0 Å². The summed E-state index contributed by atoms with van der Waals surface area (Å²) in [5, 5.41) is 16.6. The number of aromatic nitrogens is 2. The third kappa shape index (κ3) is 4.14. The van der Waals surface area contributed by atoms with Gasteiger partial charge in [-0.1, -0.05) is 12.1 Å². The van der Waals surface area contributed by atoms with Gasteiger partial charge >= 0.3 is 6.18 Å². The van der Waals surface area contributed by atoms with Gasteiger partial charge in [-0.3, -0.25) is 15.7 Å². The number of alkyl halides is 3. The van der Waals surface area contributed by atoms with E-state index in [0.717, 1.165) is 40.7 Å². The van der Waals surface area contributed by atoms with Crippen LogP contribution in [-0.2, 0) is 0 Å². The van der Waals surface area contributed by atoms with E-state index in [0.29, 0.717) is 10.8 Å². The monoisotopic (exact) mass is 400 g/mol. The number of hydrogen-bond donors (Lipinski definition) is 2. The summed E-state index contributed by atoms with van der Waals surface area (Å²) in [5.41, 5.74) is -0.0834. The quantitative estimate of drug-likeness (QED) is 0.471. The minimum absolute atomic E-state index is 0.00982. The Bertz CT molecular complexity index is 847. The summed E-state index contributed by atoms with van der Waals surface area (Å²) >= 11 is 1.01. The fourth-order valence-corrected chi connectivity index (χ4v) is 3.58. The van der Waals surface area contributed by atoms with Gasteiger partial charge in [0.2, 0.25) is 0 Å². The van der Waals surface area contributed by atoms with Crippen LogP contribution in [-0.4, -0.2) is 56.6 Å². The zero-order chi connectivity index (χ0) is 19.8. The average Bonchev–Trinajstić information content (AvgIpc) is 3.02. The van der Waals surface area contributed by atoms with Crippen LogP contribution in [0.5, 0.6) is 0 Å². The molecule has 2 N–H and O–H groups in total. The molecule has 1 aromatic carbocycles. The van der Waals surface area contributed by atoms with E-state index in [9.17, 15) is 17.6 Å². The zero-order valence-corrected chi connectivity index (χ0v) is 15.0. The van der Waals surface area contributed by atoms with Crippen molar-refractivity contribution in [2.75, 3.05) is 19.6 Å². The van der Waals surface area contributed by atoms with Crippen LogP contribution >= 0.6 is 11.5 Å². The first-order valence-electron chi connectivity index (χ1n) is 7.97. The van der Waals surface area contributed by atoms with Gasteiger partial charge in [-0.05, 0) is 36.2 Å². The van der Waals surface area contributed by atoms with Crippen molar-refractivity contribution in [1.29, 1.82) is 10.8 Å². The Morgan fingerprint density at radius 1 is 1.22 bits per heavy atom. The molecule has 1 saturated heterocycles. The first-order valence-corrected chi connectivity index (χ1v) is 8.74. The van der Waals surface area contributed by atoms with Crippen LogP contribution in [0.3, 0.4) is 0 Å². The third-order valence-corrected chi connectivity index (χ3v) is 4.96. The molecule has 0 bridgehead atoms. The molecule has 0 amide bonds. The fourth-order valence-electron chi connectivity index (χ4n) is 2.95. The van der Waals surface area contributed by atoms with Crippen LogP contribution in [0.1, 0.15) is 22.4 Å². The molecule has 1 aliphatic rings. The number of rotatable bonds is 3. The summed E-state index contributed by atoms with van der Waals surface area (Å²) in [4.78, 5) is 6.53. The van der Waals surface area contributed by atoms with E-state index in [1.807, 2.05) is 0 Å². The van der Waals surface area contributed by atoms with Crippen molar-refractivity contribution in [2.45, 2.75) is 19.1 Å².